The van der Waals surface area contributed by atoms with Crippen molar-refractivity contribution in [1.29, 1.82) is 0 Å². The number of benzene rings is 1. The van der Waals surface area contributed by atoms with Gasteiger partial charge in [-0.2, -0.15) is 0 Å². The van der Waals surface area contributed by atoms with Crippen LogP contribution < -0.4 is 5.32 Å². The maximum Gasteiger partial charge on any atom is 0.287 e. The fourth-order valence-electron chi connectivity index (χ4n) is 1.75. The number of nitrogens with one attached hydrogen (secondary N) is 1. The Morgan fingerprint density at radius 1 is 1.44 bits per heavy atom. The highest BCUT2D eigenvalue weighted by atomic mass is 16.3. The molecule has 0 atom stereocenters. The molecular weight excluding hydrogens is 226 g/mol. The summed E-state index contributed by atoms with van der Waals surface area (Å²) in [5.74, 6) is 2.68. The number of terminal acetylenes is 1. The van der Waals surface area contributed by atoms with Crippen molar-refractivity contribution >= 4 is 16.9 Å². The normalized spacial score (nSPS) is 10.2. The van der Waals surface area contributed by atoms with Crippen LogP contribution in [0.25, 0.3) is 11.0 Å². The maximum absolute atomic E-state index is 11.8. The molecule has 18 heavy (non-hydrogen) atoms. The summed E-state index contributed by atoms with van der Waals surface area (Å²) in [6.07, 6.45) is 6.59. The third kappa shape index (κ3) is 2.72. The number of fused-ring (bicyclic) bond motifs is 1. The van der Waals surface area contributed by atoms with Crippen LogP contribution in [-0.2, 0) is 0 Å². The molecule has 3 heteroatoms. The number of carbonyl (C=O) groups is 1. The van der Waals surface area contributed by atoms with E-state index in [0.29, 0.717) is 18.7 Å². The second kappa shape index (κ2) is 5.42. The number of aryl methyl sites for hydroxylation is 1. The average Bonchev–Trinajstić information content (AvgIpc) is 2.77. The molecule has 0 saturated carbocycles. The molecule has 92 valence electrons. The minimum Gasteiger partial charge on any atom is -0.451 e. The molecule has 0 bridgehead atoms. The number of carbonyl (C=O) groups excluding carboxylic acids is 1. The second-order valence-electron chi connectivity index (χ2n) is 4.22. The Labute approximate surface area is 106 Å². The zero-order valence-corrected chi connectivity index (χ0v) is 10.3. The number of amides is 1. The van der Waals surface area contributed by atoms with Crippen molar-refractivity contribution in [2.45, 2.75) is 19.8 Å². The van der Waals surface area contributed by atoms with Gasteiger partial charge in [0.1, 0.15) is 5.58 Å². The minimum absolute atomic E-state index is 0.194. The first kappa shape index (κ1) is 12.3. The van der Waals surface area contributed by atoms with Crippen molar-refractivity contribution in [3.63, 3.8) is 0 Å². The highest BCUT2D eigenvalue weighted by Gasteiger charge is 2.11. The maximum atomic E-state index is 11.8. The van der Waals surface area contributed by atoms with E-state index in [1.807, 2.05) is 25.1 Å². The van der Waals surface area contributed by atoms with Gasteiger partial charge in [0, 0.05) is 18.4 Å². The van der Waals surface area contributed by atoms with E-state index in [-0.39, 0.29) is 5.91 Å². The molecule has 0 radical (unpaired) electrons. The van der Waals surface area contributed by atoms with Crippen molar-refractivity contribution < 1.29 is 9.21 Å². The van der Waals surface area contributed by atoms with Gasteiger partial charge in [-0.05, 0) is 31.5 Å². The number of unbranched alkanes of at least 4 members (excludes halogenated alkanes) is 1. The van der Waals surface area contributed by atoms with Gasteiger partial charge in [0.05, 0.1) is 0 Å². The largest absolute Gasteiger partial charge is 0.451 e. The third-order valence-corrected chi connectivity index (χ3v) is 2.68. The summed E-state index contributed by atoms with van der Waals surface area (Å²) in [5.41, 5.74) is 1.87. The smallest absolute Gasteiger partial charge is 0.287 e. The van der Waals surface area contributed by atoms with Crippen LogP contribution in [0, 0.1) is 19.3 Å². The topological polar surface area (TPSA) is 42.2 Å². The SMILES string of the molecule is C#CCCCNC(=O)c1cc2cc(C)ccc2o1. The van der Waals surface area contributed by atoms with Crippen LogP contribution in [-0.4, -0.2) is 12.5 Å². The summed E-state index contributed by atoms with van der Waals surface area (Å²) in [4.78, 5) is 11.8. The minimum atomic E-state index is -0.194. The van der Waals surface area contributed by atoms with Crippen LogP contribution in [0.1, 0.15) is 29.0 Å². The third-order valence-electron chi connectivity index (χ3n) is 2.68. The molecule has 1 N–H and O–H groups in total. The van der Waals surface area contributed by atoms with Crippen LogP contribution in [0.4, 0.5) is 0 Å². The molecule has 0 spiro atoms. The molecule has 0 aliphatic heterocycles. The summed E-state index contributed by atoms with van der Waals surface area (Å²) < 4.78 is 5.49. The first-order chi connectivity index (χ1) is 8.70. The Morgan fingerprint density at radius 2 is 2.28 bits per heavy atom. The second-order valence-corrected chi connectivity index (χ2v) is 4.22. The standard InChI is InChI=1S/C15H15NO2/c1-3-4-5-8-16-15(17)14-10-12-9-11(2)6-7-13(12)18-14/h1,6-7,9-10H,4-5,8H2,2H3,(H,16,17). The predicted octanol–water partition coefficient (Wildman–Crippen LogP) is 2.88. The number of hydrogen-bond acceptors (Lipinski definition) is 2. The van der Waals surface area contributed by atoms with Crippen molar-refractivity contribution in [2.24, 2.45) is 0 Å². The lowest BCUT2D eigenvalue weighted by Crippen LogP contribution is -2.23. The van der Waals surface area contributed by atoms with Gasteiger partial charge in [0.15, 0.2) is 5.76 Å². The van der Waals surface area contributed by atoms with Crippen molar-refractivity contribution in [1.82, 2.24) is 5.32 Å². The molecule has 1 aromatic heterocycles. The Morgan fingerprint density at radius 3 is 3.06 bits per heavy atom. The fourth-order valence-corrected chi connectivity index (χ4v) is 1.75. The van der Waals surface area contributed by atoms with Gasteiger partial charge in [-0.1, -0.05) is 11.6 Å². The molecule has 0 aliphatic rings. The summed E-state index contributed by atoms with van der Waals surface area (Å²) in [6, 6.07) is 7.59. The van der Waals surface area contributed by atoms with E-state index < -0.39 is 0 Å². The molecule has 3 nitrogen and oxygen atoms in total. The van der Waals surface area contributed by atoms with E-state index in [1.165, 1.54) is 0 Å². The van der Waals surface area contributed by atoms with Gasteiger partial charge in [0.2, 0.25) is 0 Å². The average molecular weight is 241 g/mol. The number of rotatable bonds is 4. The Hall–Kier alpha value is -2.21. The van der Waals surface area contributed by atoms with Crippen LogP contribution in [0.15, 0.2) is 28.7 Å². The fraction of sp³-hybridized carbons (Fsp3) is 0.267. The summed E-state index contributed by atoms with van der Waals surface area (Å²) in [6.45, 7) is 2.57. The lowest BCUT2D eigenvalue weighted by molar-refractivity contribution is 0.0928. The zero-order valence-electron chi connectivity index (χ0n) is 10.3. The van der Waals surface area contributed by atoms with Crippen LogP contribution >= 0.6 is 0 Å². The Bertz CT molecular complexity index is 604. The predicted molar refractivity (Wildman–Crippen MR) is 71.4 cm³/mol. The quantitative estimate of drug-likeness (QED) is 0.660. The monoisotopic (exact) mass is 241 g/mol. The molecule has 2 aromatic rings. The molecule has 0 saturated heterocycles. The van der Waals surface area contributed by atoms with Gasteiger partial charge in [-0.15, -0.1) is 12.3 Å². The lowest BCUT2D eigenvalue weighted by atomic mass is 10.2. The zero-order chi connectivity index (χ0) is 13.0. The van der Waals surface area contributed by atoms with E-state index in [1.54, 1.807) is 6.07 Å². The number of furan rings is 1. The summed E-state index contributed by atoms with van der Waals surface area (Å²) >= 11 is 0. The molecule has 0 aliphatic carbocycles. The van der Waals surface area contributed by atoms with Gasteiger partial charge in [-0.25, -0.2) is 0 Å². The van der Waals surface area contributed by atoms with E-state index >= 15 is 0 Å². The van der Waals surface area contributed by atoms with Gasteiger partial charge < -0.3 is 9.73 Å². The molecule has 1 aromatic carbocycles. The van der Waals surface area contributed by atoms with Crippen LogP contribution in [0.3, 0.4) is 0 Å². The van der Waals surface area contributed by atoms with E-state index in [4.69, 9.17) is 10.8 Å². The van der Waals surface area contributed by atoms with Gasteiger partial charge in [-0.3, -0.25) is 4.79 Å². The van der Waals surface area contributed by atoms with Crippen molar-refractivity contribution in [2.75, 3.05) is 6.54 Å². The Balaban J connectivity index is 2.07. The van der Waals surface area contributed by atoms with E-state index in [2.05, 4.69) is 11.2 Å². The highest BCUT2D eigenvalue weighted by Crippen LogP contribution is 2.20. The first-order valence-electron chi connectivity index (χ1n) is 5.92. The molecular formula is C15H15NO2. The molecule has 0 fully saturated rings. The molecule has 1 amide bonds. The first-order valence-corrected chi connectivity index (χ1v) is 5.92. The molecule has 2 rings (SSSR count). The van der Waals surface area contributed by atoms with E-state index in [9.17, 15) is 4.79 Å². The van der Waals surface area contributed by atoms with E-state index in [0.717, 1.165) is 23.0 Å². The van der Waals surface area contributed by atoms with Crippen molar-refractivity contribution in [3.05, 3.63) is 35.6 Å². The lowest BCUT2D eigenvalue weighted by Gasteiger charge is -1.99. The van der Waals surface area contributed by atoms with Gasteiger partial charge in [0.25, 0.3) is 5.91 Å². The van der Waals surface area contributed by atoms with Gasteiger partial charge >= 0.3 is 0 Å². The Kier molecular flexibility index (Phi) is 3.69. The van der Waals surface area contributed by atoms with Crippen LogP contribution in [0.5, 0.6) is 0 Å². The summed E-state index contributed by atoms with van der Waals surface area (Å²) in [5, 5.41) is 3.73. The molecule has 0 unspecified atom stereocenters. The summed E-state index contributed by atoms with van der Waals surface area (Å²) in [7, 11) is 0. The van der Waals surface area contributed by atoms with Crippen LogP contribution in [0.2, 0.25) is 0 Å². The van der Waals surface area contributed by atoms with Crippen molar-refractivity contribution in [3.8, 4) is 12.3 Å². The highest BCUT2D eigenvalue weighted by molar-refractivity contribution is 5.96. The number of hydrogen-bond donors (Lipinski definition) is 1. The molecule has 1 heterocycles.